The van der Waals surface area contributed by atoms with Crippen LogP contribution in [0.2, 0.25) is 0 Å². The van der Waals surface area contributed by atoms with Crippen LogP contribution in [0, 0.1) is 0 Å². The van der Waals surface area contributed by atoms with E-state index < -0.39 is 5.97 Å². The molecule has 7 heteroatoms. The van der Waals surface area contributed by atoms with Crippen LogP contribution >= 0.6 is 0 Å². The smallest absolute Gasteiger partial charge is 0.359 e. The molecule has 0 unspecified atom stereocenters. The van der Waals surface area contributed by atoms with Gasteiger partial charge in [-0.15, -0.1) is 0 Å². The maximum atomic E-state index is 11.7. The largest absolute Gasteiger partial charge is 0.451 e. The molecule has 7 nitrogen and oxygen atoms in total. The number of aromatic nitrogens is 2. The first kappa shape index (κ1) is 15.9. The van der Waals surface area contributed by atoms with Crippen molar-refractivity contribution in [2.24, 2.45) is 0 Å². The van der Waals surface area contributed by atoms with E-state index in [0.29, 0.717) is 13.1 Å². The Morgan fingerprint density at radius 2 is 2.05 bits per heavy atom. The van der Waals surface area contributed by atoms with Gasteiger partial charge in [0.2, 0.25) is 0 Å². The molecule has 1 aromatic heterocycles. The van der Waals surface area contributed by atoms with Gasteiger partial charge in [0.15, 0.2) is 12.3 Å². The molecular weight excluding hydrogens is 262 g/mol. The molecule has 0 aliphatic rings. The molecule has 1 rings (SSSR count). The number of aryl methyl sites for hydroxylation is 1. The molecule has 1 amide bonds. The maximum Gasteiger partial charge on any atom is 0.359 e. The highest BCUT2D eigenvalue weighted by molar-refractivity contribution is 5.89. The van der Waals surface area contributed by atoms with Gasteiger partial charge < -0.3 is 10.1 Å². The van der Waals surface area contributed by atoms with Crippen LogP contribution in [-0.4, -0.2) is 34.8 Å². The summed E-state index contributed by atoms with van der Waals surface area (Å²) in [4.78, 5) is 34.5. The minimum atomic E-state index is -0.721. The minimum absolute atomic E-state index is 0.0151. The Bertz CT molecular complexity index is 525. The summed E-state index contributed by atoms with van der Waals surface area (Å²) in [5.74, 6) is -1.08. The van der Waals surface area contributed by atoms with E-state index in [0.717, 1.165) is 12.8 Å². The third kappa shape index (κ3) is 4.83. The highest BCUT2D eigenvalue weighted by Gasteiger charge is 2.12. The van der Waals surface area contributed by atoms with Crippen molar-refractivity contribution in [3.8, 4) is 0 Å². The lowest BCUT2D eigenvalue weighted by Crippen LogP contribution is -2.30. The summed E-state index contributed by atoms with van der Waals surface area (Å²) >= 11 is 0. The number of nitrogens with zero attached hydrogens (tertiary/aromatic N) is 2. The molecule has 0 radical (unpaired) electrons. The van der Waals surface area contributed by atoms with Gasteiger partial charge in [-0.1, -0.05) is 13.8 Å². The summed E-state index contributed by atoms with van der Waals surface area (Å²) in [6, 6.07) is 2.55. The standard InChI is InChI=1S/C13H19N3O4/c1-3-7-14-11(17)9-20-13(19)10-5-6-12(18)16(15-10)8-4-2/h5-6H,3-4,7-9H2,1-2H3,(H,14,17). The molecule has 0 saturated heterocycles. The van der Waals surface area contributed by atoms with Crippen molar-refractivity contribution in [3.05, 3.63) is 28.2 Å². The van der Waals surface area contributed by atoms with Crippen LogP contribution in [0.3, 0.4) is 0 Å². The molecule has 0 bridgehead atoms. The van der Waals surface area contributed by atoms with Gasteiger partial charge in [0.25, 0.3) is 11.5 Å². The molecule has 1 aromatic rings. The van der Waals surface area contributed by atoms with Gasteiger partial charge in [0, 0.05) is 19.2 Å². The lowest BCUT2D eigenvalue weighted by molar-refractivity contribution is -0.124. The van der Waals surface area contributed by atoms with E-state index in [-0.39, 0.29) is 23.8 Å². The average molecular weight is 281 g/mol. The first-order chi connectivity index (χ1) is 9.58. The Labute approximate surface area is 116 Å². The second-order valence-corrected chi connectivity index (χ2v) is 4.21. The number of rotatable bonds is 7. The fourth-order valence-electron chi connectivity index (χ4n) is 1.45. The molecule has 1 N–H and O–H groups in total. The van der Waals surface area contributed by atoms with Crippen molar-refractivity contribution in [1.82, 2.24) is 15.1 Å². The third-order valence-corrected chi connectivity index (χ3v) is 2.42. The van der Waals surface area contributed by atoms with E-state index >= 15 is 0 Å². The van der Waals surface area contributed by atoms with Crippen molar-refractivity contribution in [2.45, 2.75) is 33.2 Å². The van der Waals surface area contributed by atoms with Gasteiger partial charge in [0.05, 0.1) is 0 Å². The van der Waals surface area contributed by atoms with Gasteiger partial charge in [-0.3, -0.25) is 9.59 Å². The number of ether oxygens (including phenoxy) is 1. The second-order valence-electron chi connectivity index (χ2n) is 4.21. The summed E-state index contributed by atoms with van der Waals surface area (Å²) < 4.78 is 6.03. The normalized spacial score (nSPS) is 10.1. The van der Waals surface area contributed by atoms with E-state index in [9.17, 15) is 14.4 Å². The van der Waals surface area contributed by atoms with Gasteiger partial charge >= 0.3 is 5.97 Å². The number of hydrogen-bond donors (Lipinski definition) is 1. The fourth-order valence-corrected chi connectivity index (χ4v) is 1.45. The van der Waals surface area contributed by atoms with E-state index in [2.05, 4.69) is 10.4 Å². The summed E-state index contributed by atoms with van der Waals surface area (Å²) in [7, 11) is 0. The quantitative estimate of drug-likeness (QED) is 0.728. The van der Waals surface area contributed by atoms with Crippen molar-refractivity contribution >= 4 is 11.9 Å². The van der Waals surface area contributed by atoms with Gasteiger partial charge in [-0.05, 0) is 18.9 Å². The molecule has 0 spiro atoms. The fraction of sp³-hybridized carbons (Fsp3) is 0.538. The summed E-state index contributed by atoms with van der Waals surface area (Å²) in [5.41, 5.74) is -0.259. The Morgan fingerprint density at radius 1 is 1.30 bits per heavy atom. The number of amides is 1. The molecule has 0 atom stereocenters. The first-order valence-electron chi connectivity index (χ1n) is 6.60. The number of hydrogen-bond acceptors (Lipinski definition) is 5. The molecule has 0 saturated carbocycles. The van der Waals surface area contributed by atoms with Crippen LogP contribution in [0.5, 0.6) is 0 Å². The molecule has 20 heavy (non-hydrogen) atoms. The molecule has 0 fully saturated rings. The Hall–Kier alpha value is -2.18. The van der Waals surface area contributed by atoms with Crippen molar-refractivity contribution in [2.75, 3.05) is 13.2 Å². The van der Waals surface area contributed by atoms with Crippen LogP contribution in [-0.2, 0) is 16.1 Å². The Kier molecular flexibility index (Phi) is 6.42. The predicted molar refractivity (Wildman–Crippen MR) is 72.4 cm³/mol. The average Bonchev–Trinajstić information content (AvgIpc) is 2.45. The summed E-state index contributed by atoms with van der Waals surface area (Å²) in [6.07, 6.45) is 1.54. The molecule has 1 heterocycles. The highest BCUT2D eigenvalue weighted by atomic mass is 16.5. The second kappa shape index (κ2) is 8.08. The van der Waals surface area contributed by atoms with Crippen LogP contribution in [0.25, 0.3) is 0 Å². The Morgan fingerprint density at radius 3 is 2.70 bits per heavy atom. The van der Waals surface area contributed by atoms with E-state index in [1.807, 2.05) is 13.8 Å². The number of nitrogens with one attached hydrogen (secondary N) is 1. The van der Waals surface area contributed by atoms with Crippen LogP contribution in [0.15, 0.2) is 16.9 Å². The van der Waals surface area contributed by atoms with Crippen LogP contribution in [0.4, 0.5) is 0 Å². The molecule has 110 valence electrons. The number of esters is 1. The van der Waals surface area contributed by atoms with Crippen molar-refractivity contribution < 1.29 is 14.3 Å². The number of carbonyl (C=O) groups is 2. The van der Waals surface area contributed by atoms with E-state index in [4.69, 9.17) is 4.74 Å². The van der Waals surface area contributed by atoms with Crippen molar-refractivity contribution in [3.63, 3.8) is 0 Å². The SMILES string of the molecule is CCCNC(=O)COC(=O)c1ccc(=O)n(CCC)n1. The van der Waals surface area contributed by atoms with Gasteiger partial charge in [0.1, 0.15) is 0 Å². The van der Waals surface area contributed by atoms with Crippen LogP contribution < -0.4 is 10.9 Å². The van der Waals surface area contributed by atoms with Crippen molar-refractivity contribution in [1.29, 1.82) is 0 Å². The van der Waals surface area contributed by atoms with E-state index in [1.165, 1.54) is 16.8 Å². The monoisotopic (exact) mass is 281 g/mol. The zero-order chi connectivity index (χ0) is 15.0. The Balaban J connectivity index is 2.61. The molecule has 0 aliphatic heterocycles. The maximum absolute atomic E-state index is 11.7. The molecule has 0 aliphatic carbocycles. The zero-order valence-electron chi connectivity index (χ0n) is 11.7. The summed E-state index contributed by atoms with van der Waals surface area (Å²) in [5, 5.41) is 6.49. The van der Waals surface area contributed by atoms with Gasteiger partial charge in [-0.25, -0.2) is 9.48 Å². The van der Waals surface area contributed by atoms with E-state index in [1.54, 1.807) is 0 Å². The summed E-state index contributed by atoms with van der Waals surface area (Å²) in [6.45, 7) is 4.44. The molecule has 0 aromatic carbocycles. The third-order valence-electron chi connectivity index (χ3n) is 2.42. The lowest BCUT2D eigenvalue weighted by atomic mass is 10.4. The lowest BCUT2D eigenvalue weighted by Gasteiger charge is -2.07. The first-order valence-corrected chi connectivity index (χ1v) is 6.60. The molecular formula is C13H19N3O4. The van der Waals surface area contributed by atoms with Gasteiger partial charge in [-0.2, -0.15) is 5.10 Å². The zero-order valence-corrected chi connectivity index (χ0v) is 11.7. The minimum Gasteiger partial charge on any atom is -0.451 e. The van der Waals surface area contributed by atoms with Crippen LogP contribution in [0.1, 0.15) is 37.2 Å². The number of carbonyl (C=O) groups excluding carboxylic acids is 2. The topological polar surface area (TPSA) is 90.3 Å². The highest BCUT2D eigenvalue weighted by Crippen LogP contribution is 1.95. The predicted octanol–water partition coefficient (Wildman–Crippen LogP) is 0.336.